The molecule has 2 aromatic carbocycles. The number of carbonyl (C=O) groups excluding carboxylic acids is 1. The molecule has 0 saturated heterocycles. The molecule has 0 aliphatic carbocycles. The van der Waals surface area contributed by atoms with Gasteiger partial charge >= 0.3 is 6.18 Å². The lowest BCUT2D eigenvalue weighted by atomic mass is 10.00. The van der Waals surface area contributed by atoms with E-state index in [4.69, 9.17) is 4.74 Å². The first-order valence-corrected chi connectivity index (χ1v) is 8.69. The van der Waals surface area contributed by atoms with E-state index >= 15 is 0 Å². The van der Waals surface area contributed by atoms with Crippen molar-refractivity contribution in [1.82, 2.24) is 4.90 Å². The Bertz CT molecular complexity index is 782. The molecule has 0 heterocycles. The van der Waals surface area contributed by atoms with Gasteiger partial charge in [-0.2, -0.15) is 13.2 Å². The fraction of sp³-hybridized carbons (Fsp3) is 0.286. The van der Waals surface area contributed by atoms with Gasteiger partial charge in [0, 0.05) is 24.9 Å². The van der Waals surface area contributed by atoms with Crippen molar-refractivity contribution in [1.29, 1.82) is 0 Å². The van der Waals surface area contributed by atoms with Crippen molar-refractivity contribution in [3.63, 3.8) is 0 Å². The van der Waals surface area contributed by atoms with Crippen molar-refractivity contribution in [2.45, 2.75) is 20.0 Å². The summed E-state index contributed by atoms with van der Waals surface area (Å²) in [6.07, 6.45) is -2.87. The topological polar surface area (TPSA) is 29.5 Å². The maximum atomic E-state index is 13.1. The minimum absolute atomic E-state index is 0.195. The Hall–Kier alpha value is -2.76. The Morgan fingerprint density at radius 2 is 1.70 bits per heavy atom. The van der Waals surface area contributed by atoms with E-state index in [0.29, 0.717) is 18.8 Å². The van der Waals surface area contributed by atoms with Crippen LogP contribution in [0.5, 0.6) is 5.75 Å². The normalized spacial score (nSPS) is 12.0. The lowest BCUT2D eigenvalue weighted by molar-refractivity contribution is -0.137. The van der Waals surface area contributed by atoms with Gasteiger partial charge in [-0.05, 0) is 43.7 Å². The van der Waals surface area contributed by atoms with Crippen molar-refractivity contribution in [2.75, 3.05) is 19.7 Å². The van der Waals surface area contributed by atoms with Gasteiger partial charge in [0.15, 0.2) is 6.61 Å². The number of carbonyl (C=O) groups is 1. The molecule has 0 aliphatic heterocycles. The second-order valence-electron chi connectivity index (χ2n) is 5.87. The zero-order valence-corrected chi connectivity index (χ0v) is 15.3. The number of rotatable bonds is 8. The Labute approximate surface area is 157 Å². The molecule has 0 aliphatic rings. The Balaban J connectivity index is 2.32. The molecule has 0 atom stereocenters. The summed E-state index contributed by atoms with van der Waals surface area (Å²) in [4.78, 5) is 14.6. The number of hydrogen-bond donors (Lipinski definition) is 0. The quantitative estimate of drug-likeness (QED) is 0.604. The Morgan fingerprint density at radius 1 is 1.04 bits per heavy atom. The van der Waals surface area contributed by atoms with E-state index in [9.17, 15) is 18.0 Å². The zero-order valence-electron chi connectivity index (χ0n) is 15.3. The number of halogens is 3. The van der Waals surface area contributed by atoms with Gasteiger partial charge in [0.2, 0.25) is 5.78 Å². The van der Waals surface area contributed by atoms with Crippen LogP contribution in [0.2, 0.25) is 0 Å². The summed E-state index contributed by atoms with van der Waals surface area (Å²) in [6.45, 7) is 4.83. The highest BCUT2D eigenvalue weighted by atomic mass is 19.4. The summed E-state index contributed by atoms with van der Waals surface area (Å²) in [5.74, 6) is 0.141. The minimum Gasteiger partial charge on any atom is -0.485 e. The fourth-order valence-corrected chi connectivity index (χ4v) is 2.50. The summed E-state index contributed by atoms with van der Waals surface area (Å²) in [7, 11) is 0. The molecule has 0 bridgehead atoms. The number of para-hydroxylation sites is 1. The first-order valence-electron chi connectivity index (χ1n) is 8.69. The van der Waals surface area contributed by atoms with Crippen molar-refractivity contribution in [2.24, 2.45) is 0 Å². The molecule has 0 amide bonds. The third kappa shape index (κ3) is 5.88. The van der Waals surface area contributed by atoms with Crippen molar-refractivity contribution in [3.8, 4) is 5.75 Å². The summed E-state index contributed by atoms with van der Waals surface area (Å²) in [5.41, 5.74) is -0.374. The number of alkyl halides is 3. The van der Waals surface area contributed by atoms with Crippen LogP contribution in [0.1, 0.15) is 25.0 Å². The number of nitrogens with zero attached hydrogens (tertiary/aromatic N) is 1. The molecular formula is C21H22F3NO2. The SMILES string of the molecule is CCN(/C=C(/C(=O)COc1ccccc1)c1cccc(C(F)(F)F)c1)CC. The number of ether oxygens (including phenoxy) is 1. The van der Waals surface area contributed by atoms with Crippen LogP contribution in [0.15, 0.2) is 60.8 Å². The maximum absolute atomic E-state index is 13.1. The fourth-order valence-electron chi connectivity index (χ4n) is 2.50. The molecule has 27 heavy (non-hydrogen) atoms. The highest BCUT2D eigenvalue weighted by Crippen LogP contribution is 2.31. The van der Waals surface area contributed by atoms with Crippen molar-refractivity contribution < 1.29 is 22.7 Å². The minimum atomic E-state index is -4.47. The molecule has 0 spiro atoms. The number of benzene rings is 2. The molecule has 6 heteroatoms. The lowest BCUT2D eigenvalue weighted by Gasteiger charge is -2.19. The zero-order chi connectivity index (χ0) is 19.9. The van der Waals surface area contributed by atoms with E-state index in [1.165, 1.54) is 12.1 Å². The smallest absolute Gasteiger partial charge is 0.416 e. The highest BCUT2D eigenvalue weighted by molar-refractivity contribution is 6.21. The third-order valence-electron chi connectivity index (χ3n) is 4.04. The van der Waals surface area contributed by atoms with Gasteiger partial charge < -0.3 is 9.64 Å². The molecule has 2 aromatic rings. The van der Waals surface area contributed by atoms with Crippen LogP contribution in [0.4, 0.5) is 13.2 Å². The largest absolute Gasteiger partial charge is 0.485 e. The molecular weight excluding hydrogens is 355 g/mol. The van der Waals surface area contributed by atoms with Gasteiger partial charge in [-0.25, -0.2) is 0 Å². The lowest BCUT2D eigenvalue weighted by Crippen LogP contribution is -2.20. The molecule has 0 saturated carbocycles. The monoisotopic (exact) mass is 377 g/mol. The molecule has 0 unspecified atom stereocenters. The number of Topliss-reactive ketones (excluding diaryl/α,β-unsaturated/α-hetero) is 1. The van der Waals surface area contributed by atoms with Gasteiger partial charge in [-0.15, -0.1) is 0 Å². The average molecular weight is 377 g/mol. The van der Waals surface area contributed by atoms with Crippen LogP contribution in [0, 0.1) is 0 Å². The summed E-state index contributed by atoms with van der Waals surface area (Å²) in [6, 6.07) is 13.6. The first kappa shape index (κ1) is 20.6. The Kier molecular flexibility index (Phi) is 7.05. The standard InChI is InChI=1S/C21H22F3NO2/c1-3-25(4-2)14-19(16-9-8-10-17(13-16)21(22,23)24)20(26)15-27-18-11-6-5-7-12-18/h5-14H,3-4,15H2,1-2H3/b19-14+. The predicted octanol–water partition coefficient (Wildman–Crippen LogP) is 5.04. The average Bonchev–Trinajstić information content (AvgIpc) is 2.67. The van der Waals surface area contributed by atoms with E-state index in [0.717, 1.165) is 12.1 Å². The summed E-state index contributed by atoms with van der Waals surface area (Å²) < 4.78 is 44.7. The van der Waals surface area contributed by atoms with Crippen LogP contribution < -0.4 is 4.74 Å². The van der Waals surface area contributed by atoms with Crippen molar-refractivity contribution in [3.05, 3.63) is 71.9 Å². The van der Waals surface area contributed by atoms with Crippen molar-refractivity contribution >= 4 is 11.4 Å². The van der Waals surface area contributed by atoms with E-state index in [1.54, 1.807) is 30.5 Å². The van der Waals surface area contributed by atoms with E-state index < -0.39 is 11.7 Å². The van der Waals surface area contributed by atoms with Crippen LogP contribution >= 0.6 is 0 Å². The molecule has 3 nitrogen and oxygen atoms in total. The molecule has 0 fully saturated rings. The van der Waals surface area contributed by atoms with Gasteiger partial charge in [0.1, 0.15) is 5.75 Å². The number of ketones is 1. The predicted molar refractivity (Wildman–Crippen MR) is 99.3 cm³/mol. The van der Waals surface area contributed by atoms with Crippen LogP contribution in [-0.2, 0) is 11.0 Å². The van der Waals surface area contributed by atoms with Gasteiger partial charge in [-0.3, -0.25) is 4.79 Å². The Morgan fingerprint density at radius 3 is 2.30 bits per heavy atom. The molecule has 2 rings (SSSR count). The second-order valence-corrected chi connectivity index (χ2v) is 5.87. The van der Waals surface area contributed by atoms with E-state index in [-0.39, 0.29) is 23.5 Å². The second kappa shape index (κ2) is 9.26. The first-order chi connectivity index (χ1) is 12.8. The molecule has 0 aromatic heterocycles. The van der Waals surface area contributed by atoms with Gasteiger partial charge in [-0.1, -0.05) is 30.3 Å². The van der Waals surface area contributed by atoms with Gasteiger partial charge in [0.25, 0.3) is 0 Å². The van der Waals surface area contributed by atoms with Gasteiger partial charge in [0.05, 0.1) is 5.56 Å². The van der Waals surface area contributed by atoms with Crippen LogP contribution in [0.3, 0.4) is 0 Å². The summed E-state index contributed by atoms with van der Waals surface area (Å²) >= 11 is 0. The van der Waals surface area contributed by atoms with Crippen LogP contribution in [0.25, 0.3) is 5.57 Å². The molecule has 144 valence electrons. The maximum Gasteiger partial charge on any atom is 0.416 e. The van der Waals surface area contributed by atoms with E-state index in [2.05, 4.69) is 0 Å². The number of hydrogen-bond acceptors (Lipinski definition) is 3. The molecule has 0 radical (unpaired) electrons. The van der Waals surface area contributed by atoms with Crippen LogP contribution in [-0.4, -0.2) is 30.4 Å². The third-order valence-corrected chi connectivity index (χ3v) is 4.04. The molecule has 0 N–H and O–H groups in total. The highest BCUT2D eigenvalue weighted by Gasteiger charge is 2.31. The summed E-state index contributed by atoms with van der Waals surface area (Å²) in [5, 5.41) is 0. The van der Waals surface area contributed by atoms with E-state index in [1.807, 2.05) is 24.8 Å².